The number of rotatable bonds is 5. The summed E-state index contributed by atoms with van der Waals surface area (Å²) in [6, 6.07) is 0. The summed E-state index contributed by atoms with van der Waals surface area (Å²) in [5, 5.41) is 0. The third kappa shape index (κ3) is 4.41. The maximum Gasteiger partial charge on any atom is 0.712 e. The van der Waals surface area contributed by atoms with Crippen LogP contribution in [0, 0.1) is 0 Å². The van der Waals surface area contributed by atoms with E-state index in [2.05, 4.69) is 6.58 Å². The van der Waals surface area contributed by atoms with E-state index >= 15 is 0 Å². The molecular weight excluding hydrogens is 131 g/mol. The van der Waals surface area contributed by atoms with Gasteiger partial charge in [0.05, 0.1) is 6.26 Å². The van der Waals surface area contributed by atoms with Crippen molar-refractivity contribution in [2.45, 2.75) is 20.0 Å². The highest BCUT2D eigenvalue weighted by atomic mass is 16.7. The highest BCUT2D eigenvalue weighted by Gasteiger charge is 2.20. The van der Waals surface area contributed by atoms with Crippen LogP contribution in [0.25, 0.3) is 0 Å². The zero-order chi connectivity index (χ0) is 7.98. The van der Waals surface area contributed by atoms with Gasteiger partial charge in [-0.3, -0.25) is 0 Å². The van der Waals surface area contributed by atoms with Gasteiger partial charge < -0.3 is 14.0 Å². The lowest BCUT2D eigenvalue weighted by Gasteiger charge is -2.11. The molecule has 0 fully saturated rings. The first-order valence-electron chi connectivity index (χ1n) is 3.15. The van der Waals surface area contributed by atoms with Gasteiger partial charge in [-0.2, -0.15) is 0 Å². The molecule has 4 heteroatoms. The quantitative estimate of drug-likeness (QED) is 0.428. The van der Waals surface area contributed by atoms with Crippen molar-refractivity contribution < 1.29 is 14.0 Å². The highest BCUT2D eigenvalue weighted by Crippen LogP contribution is 1.95. The second kappa shape index (κ2) is 5.32. The smallest absolute Gasteiger partial charge is 0.519 e. The molecule has 0 amide bonds. The van der Waals surface area contributed by atoms with Crippen molar-refractivity contribution in [1.29, 1.82) is 0 Å². The molecule has 0 heterocycles. The van der Waals surface area contributed by atoms with Crippen LogP contribution in [0.2, 0.25) is 0 Å². The van der Waals surface area contributed by atoms with Crippen LogP contribution in [0.1, 0.15) is 13.8 Å². The van der Waals surface area contributed by atoms with Gasteiger partial charge in [-0.1, -0.05) is 6.58 Å². The molecule has 0 N–H and O–H groups in total. The summed E-state index contributed by atoms with van der Waals surface area (Å²) in [6.45, 7) is 7.18. The van der Waals surface area contributed by atoms with E-state index in [1.807, 2.05) is 13.8 Å². The fourth-order valence-corrected chi connectivity index (χ4v) is 0.444. The SMILES string of the molecule is C=COB(OC)OC(C)C. The summed E-state index contributed by atoms with van der Waals surface area (Å²) < 4.78 is 14.7. The molecule has 0 bridgehead atoms. The van der Waals surface area contributed by atoms with Crippen LogP contribution in [-0.2, 0) is 14.0 Å². The molecular formula is C6H13BO3. The molecule has 3 nitrogen and oxygen atoms in total. The van der Waals surface area contributed by atoms with Crippen LogP contribution in [0.5, 0.6) is 0 Å². The van der Waals surface area contributed by atoms with Gasteiger partial charge in [0.15, 0.2) is 0 Å². The summed E-state index contributed by atoms with van der Waals surface area (Å²) in [5.41, 5.74) is 0. The van der Waals surface area contributed by atoms with E-state index in [1.165, 1.54) is 13.4 Å². The highest BCUT2D eigenvalue weighted by molar-refractivity contribution is 6.36. The molecule has 0 saturated heterocycles. The monoisotopic (exact) mass is 144 g/mol. The molecule has 0 atom stereocenters. The molecule has 0 aromatic carbocycles. The summed E-state index contributed by atoms with van der Waals surface area (Å²) in [4.78, 5) is 0. The molecule has 0 aliphatic rings. The van der Waals surface area contributed by atoms with Crippen LogP contribution in [0.3, 0.4) is 0 Å². The van der Waals surface area contributed by atoms with Gasteiger partial charge in [-0.25, -0.2) is 0 Å². The lowest BCUT2D eigenvalue weighted by molar-refractivity contribution is 0.115. The Balaban J connectivity index is 3.48. The Morgan fingerprint density at radius 1 is 1.50 bits per heavy atom. The average molecular weight is 144 g/mol. The molecule has 0 rings (SSSR count). The van der Waals surface area contributed by atoms with Crippen molar-refractivity contribution in [3.63, 3.8) is 0 Å². The molecule has 10 heavy (non-hydrogen) atoms. The molecule has 0 aromatic rings. The van der Waals surface area contributed by atoms with E-state index in [0.29, 0.717) is 0 Å². The Kier molecular flexibility index (Phi) is 5.07. The zero-order valence-corrected chi connectivity index (χ0v) is 6.66. The molecule has 0 unspecified atom stereocenters. The lowest BCUT2D eigenvalue weighted by Crippen LogP contribution is -2.26. The van der Waals surface area contributed by atoms with E-state index in [9.17, 15) is 0 Å². The van der Waals surface area contributed by atoms with Crippen molar-refractivity contribution in [3.8, 4) is 0 Å². The standard InChI is InChI=1S/C6H13BO3/c1-5-9-7(8-4)10-6(2)3/h5-6H,1H2,2-4H3. The van der Waals surface area contributed by atoms with E-state index in [0.717, 1.165) is 0 Å². The van der Waals surface area contributed by atoms with Crippen molar-refractivity contribution in [2.24, 2.45) is 0 Å². The Morgan fingerprint density at radius 2 is 2.10 bits per heavy atom. The van der Waals surface area contributed by atoms with Crippen LogP contribution < -0.4 is 0 Å². The van der Waals surface area contributed by atoms with Gasteiger partial charge in [-0.05, 0) is 13.8 Å². The van der Waals surface area contributed by atoms with Gasteiger partial charge in [0.1, 0.15) is 0 Å². The van der Waals surface area contributed by atoms with Crippen LogP contribution >= 0.6 is 0 Å². The van der Waals surface area contributed by atoms with Gasteiger partial charge in [-0.15, -0.1) is 0 Å². The number of hydrogen-bond donors (Lipinski definition) is 0. The first kappa shape index (κ1) is 9.52. The maximum absolute atomic E-state index is 5.12. The largest absolute Gasteiger partial charge is 0.712 e. The van der Waals surface area contributed by atoms with Gasteiger partial charge >= 0.3 is 7.32 Å². The molecule has 0 spiro atoms. The topological polar surface area (TPSA) is 27.7 Å². The summed E-state index contributed by atoms with van der Waals surface area (Å²) in [7, 11) is 0.883. The van der Waals surface area contributed by atoms with Gasteiger partial charge in [0.2, 0.25) is 0 Å². The second-order valence-corrected chi connectivity index (χ2v) is 2.01. The first-order valence-corrected chi connectivity index (χ1v) is 3.15. The third-order valence-electron chi connectivity index (χ3n) is 0.783. The molecule has 0 aliphatic carbocycles. The lowest BCUT2D eigenvalue weighted by atomic mass is 10.2. The maximum atomic E-state index is 5.12. The van der Waals surface area contributed by atoms with Crippen molar-refractivity contribution in [3.05, 3.63) is 12.8 Å². The Hall–Kier alpha value is -0.475. The minimum atomic E-state index is -0.627. The van der Waals surface area contributed by atoms with Crippen LogP contribution in [0.4, 0.5) is 0 Å². The Bertz CT molecular complexity index is 95.0. The molecule has 0 aliphatic heterocycles. The van der Waals surface area contributed by atoms with Crippen molar-refractivity contribution in [1.82, 2.24) is 0 Å². The van der Waals surface area contributed by atoms with E-state index in [-0.39, 0.29) is 6.10 Å². The molecule has 0 radical (unpaired) electrons. The van der Waals surface area contributed by atoms with E-state index in [1.54, 1.807) is 0 Å². The second-order valence-electron chi connectivity index (χ2n) is 2.01. The number of hydrogen-bond acceptors (Lipinski definition) is 3. The molecule has 0 aromatic heterocycles. The summed E-state index contributed by atoms with van der Waals surface area (Å²) >= 11 is 0. The molecule has 58 valence electrons. The predicted octanol–water partition coefficient (Wildman–Crippen LogP) is 1.20. The first-order chi connectivity index (χ1) is 4.70. The Morgan fingerprint density at radius 3 is 2.40 bits per heavy atom. The fourth-order valence-electron chi connectivity index (χ4n) is 0.444. The van der Waals surface area contributed by atoms with E-state index < -0.39 is 7.32 Å². The normalized spacial score (nSPS) is 9.60. The minimum absolute atomic E-state index is 0.0879. The average Bonchev–Trinajstić information content (AvgIpc) is 1.86. The van der Waals surface area contributed by atoms with Crippen LogP contribution in [0.15, 0.2) is 12.8 Å². The van der Waals surface area contributed by atoms with Crippen molar-refractivity contribution >= 4 is 7.32 Å². The van der Waals surface area contributed by atoms with Gasteiger partial charge in [0.25, 0.3) is 0 Å². The minimum Gasteiger partial charge on any atom is -0.519 e. The third-order valence-corrected chi connectivity index (χ3v) is 0.783. The Labute approximate surface area is 62.1 Å². The zero-order valence-electron chi connectivity index (χ0n) is 6.66. The molecule has 0 saturated carbocycles. The summed E-state index contributed by atoms with van der Waals surface area (Å²) in [5.74, 6) is 0. The van der Waals surface area contributed by atoms with Gasteiger partial charge in [0, 0.05) is 13.2 Å². The van der Waals surface area contributed by atoms with E-state index in [4.69, 9.17) is 14.0 Å². The predicted molar refractivity (Wildman–Crippen MR) is 40.3 cm³/mol. The van der Waals surface area contributed by atoms with Crippen molar-refractivity contribution in [2.75, 3.05) is 7.11 Å². The summed E-state index contributed by atoms with van der Waals surface area (Å²) in [6.07, 6.45) is 1.38. The van der Waals surface area contributed by atoms with Crippen LogP contribution in [-0.4, -0.2) is 20.5 Å². The fraction of sp³-hybridized carbons (Fsp3) is 0.667.